The maximum absolute atomic E-state index is 12.2. The van der Waals surface area contributed by atoms with E-state index in [1.165, 1.54) is 5.56 Å². The van der Waals surface area contributed by atoms with E-state index in [1.54, 1.807) is 7.11 Å². The summed E-state index contributed by atoms with van der Waals surface area (Å²) < 4.78 is 5.19. The van der Waals surface area contributed by atoms with Crippen LogP contribution in [0.5, 0.6) is 5.75 Å². The molecule has 4 nitrogen and oxygen atoms in total. The van der Waals surface area contributed by atoms with Crippen LogP contribution >= 0.6 is 0 Å². The molecule has 1 amide bonds. The molecule has 24 heavy (non-hydrogen) atoms. The van der Waals surface area contributed by atoms with Crippen molar-refractivity contribution in [3.8, 4) is 5.75 Å². The summed E-state index contributed by atoms with van der Waals surface area (Å²) in [6.07, 6.45) is 1.98. The fraction of sp³-hybridized carbons (Fsp3) is 0.350. The van der Waals surface area contributed by atoms with Crippen molar-refractivity contribution in [1.82, 2.24) is 5.32 Å². The lowest BCUT2D eigenvalue weighted by Crippen LogP contribution is -2.30. The molecule has 2 rings (SSSR count). The van der Waals surface area contributed by atoms with Crippen LogP contribution in [0.25, 0.3) is 0 Å². The second-order valence-corrected chi connectivity index (χ2v) is 5.75. The molecule has 0 saturated carbocycles. The molecule has 0 heterocycles. The number of hydrogen-bond acceptors (Lipinski definition) is 3. The van der Waals surface area contributed by atoms with Crippen LogP contribution in [0.3, 0.4) is 0 Å². The summed E-state index contributed by atoms with van der Waals surface area (Å²) in [5.41, 5.74) is 3.21. The molecule has 2 aromatic carbocycles. The molecule has 4 heteroatoms. The Morgan fingerprint density at radius 2 is 1.92 bits per heavy atom. The summed E-state index contributed by atoms with van der Waals surface area (Å²) in [6.45, 7) is 1.98. The summed E-state index contributed by atoms with van der Waals surface area (Å²) in [6, 6.07) is 15.3. The molecule has 0 fully saturated rings. The first kappa shape index (κ1) is 18.0. The number of carbonyl (C=O) groups excluding carboxylic acids is 1. The van der Waals surface area contributed by atoms with Crippen LogP contribution in [-0.2, 0) is 17.6 Å². The molecular formula is C20H25NO3. The van der Waals surface area contributed by atoms with Crippen molar-refractivity contribution in [3.05, 3.63) is 65.2 Å². The summed E-state index contributed by atoms with van der Waals surface area (Å²) in [5.74, 6) is 0.716. The second-order valence-electron chi connectivity index (χ2n) is 5.75. The van der Waals surface area contributed by atoms with Crippen LogP contribution < -0.4 is 10.1 Å². The Morgan fingerprint density at radius 3 is 2.54 bits per heavy atom. The summed E-state index contributed by atoms with van der Waals surface area (Å²) in [7, 11) is 1.63. The molecule has 0 bridgehead atoms. The zero-order chi connectivity index (χ0) is 17.4. The van der Waals surface area contributed by atoms with Crippen LogP contribution in [0.4, 0.5) is 0 Å². The maximum Gasteiger partial charge on any atom is 0.220 e. The van der Waals surface area contributed by atoms with Crippen molar-refractivity contribution < 1.29 is 14.6 Å². The summed E-state index contributed by atoms with van der Waals surface area (Å²) >= 11 is 0. The van der Waals surface area contributed by atoms with Crippen LogP contribution in [0.15, 0.2) is 48.5 Å². The first-order chi connectivity index (χ1) is 11.7. The van der Waals surface area contributed by atoms with Crippen molar-refractivity contribution in [2.75, 3.05) is 13.7 Å². The SMILES string of the molecule is CCc1ccc(C(CO)NC(=O)CCc2cccc(OC)c2)cc1. The van der Waals surface area contributed by atoms with Gasteiger partial charge in [-0.3, -0.25) is 4.79 Å². The van der Waals surface area contributed by atoms with Gasteiger partial charge in [0.1, 0.15) is 5.75 Å². The summed E-state index contributed by atoms with van der Waals surface area (Å²) in [5, 5.41) is 12.5. The van der Waals surface area contributed by atoms with E-state index >= 15 is 0 Å². The Labute approximate surface area is 143 Å². The van der Waals surface area contributed by atoms with Gasteiger partial charge in [0, 0.05) is 6.42 Å². The van der Waals surface area contributed by atoms with Gasteiger partial charge in [-0.25, -0.2) is 0 Å². The number of aryl methyl sites for hydroxylation is 2. The van der Waals surface area contributed by atoms with Crippen molar-refractivity contribution in [2.24, 2.45) is 0 Å². The van der Waals surface area contributed by atoms with E-state index in [0.717, 1.165) is 23.3 Å². The minimum absolute atomic E-state index is 0.0727. The van der Waals surface area contributed by atoms with Gasteiger partial charge in [0.05, 0.1) is 19.8 Å². The molecule has 2 N–H and O–H groups in total. The predicted octanol–water partition coefficient (Wildman–Crippen LogP) is 3.04. The molecule has 0 aliphatic heterocycles. The molecule has 0 aromatic heterocycles. The summed E-state index contributed by atoms with van der Waals surface area (Å²) in [4.78, 5) is 12.2. The number of carbonyl (C=O) groups is 1. The van der Waals surface area contributed by atoms with E-state index in [2.05, 4.69) is 12.2 Å². The Hall–Kier alpha value is -2.33. The Balaban J connectivity index is 1.91. The van der Waals surface area contributed by atoms with Gasteiger partial charge in [-0.1, -0.05) is 43.3 Å². The molecule has 0 aliphatic rings. The first-order valence-corrected chi connectivity index (χ1v) is 8.28. The molecular weight excluding hydrogens is 302 g/mol. The van der Waals surface area contributed by atoms with Gasteiger partial charge in [0.15, 0.2) is 0 Å². The molecule has 0 radical (unpaired) electrons. The fourth-order valence-electron chi connectivity index (χ4n) is 2.57. The van der Waals surface area contributed by atoms with Crippen molar-refractivity contribution in [3.63, 3.8) is 0 Å². The van der Waals surface area contributed by atoms with Gasteiger partial charge < -0.3 is 15.2 Å². The number of nitrogens with one attached hydrogen (secondary N) is 1. The monoisotopic (exact) mass is 327 g/mol. The lowest BCUT2D eigenvalue weighted by molar-refractivity contribution is -0.122. The van der Waals surface area contributed by atoms with E-state index in [-0.39, 0.29) is 18.6 Å². The molecule has 2 aromatic rings. The van der Waals surface area contributed by atoms with E-state index in [9.17, 15) is 9.90 Å². The molecule has 1 unspecified atom stereocenters. The average molecular weight is 327 g/mol. The smallest absolute Gasteiger partial charge is 0.220 e. The highest BCUT2D eigenvalue weighted by molar-refractivity contribution is 5.76. The third-order valence-electron chi connectivity index (χ3n) is 4.08. The van der Waals surface area contributed by atoms with Gasteiger partial charge >= 0.3 is 0 Å². The lowest BCUT2D eigenvalue weighted by Gasteiger charge is -2.17. The predicted molar refractivity (Wildman–Crippen MR) is 95.1 cm³/mol. The number of aliphatic hydroxyl groups is 1. The molecule has 0 spiro atoms. The van der Waals surface area contributed by atoms with Crippen LogP contribution in [0.1, 0.15) is 36.1 Å². The van der Waals surface area contributed by atoms with Gasteiger partial charge in [0.25, 0.3) is 0 Å². The van der Waals surface area contributed by atoms with E-state index in [0.29, 0.717) is 12.8 Å². The van der Waals surface area contributed by atoms with Gasteiger partial charge in [-0.05, 0) is 41.7 Å². The zero-order valence-corrected chi connectivity index (χ0v) is 14.3. The minimum Gasteiger partial charge on any atom is -0.497 e. The van der Waals surface area contributed by atoms with Crippen LogP contribution in [0.2, 0.25) is 0 Å². The zero-order valence-electron chi connectivity index (χ0n) is 14.3. The Kier molecular flexibility index (Phi) is 6.82. The first-order valence-electron chi connectivity index (χ1n) is 8.28. The third kappa shape index (κ3) is 5.10. The number of ether oxygens (including phenoxy) is 1. The number of amides is 1. The van der Waals surface area contributed by atoms with E-state index < -0.39 is 0 Å². The van der Waals surface area contributed by atoms with Crippen LogP contribution in [0, 0.1) is 0 Å². The fourth-order valence-corrected chi connectivity index (χ4v) is 2.57. The number of rotatable bonds is 8. The van der Waals surface area contributed by atoms with Gasteiger partial charge in [0.2, 0.25) is 5.91 Å². The number of benzene rings is 2. The second kappa shape index (κ2) is 9.08. The largest absolute Gasteiger partial charge is 0.497 e. The van der Waals surface area contributed by atoms with E-state index in [4.69, 9.17) is 4.74 Å². The topological polar surface area (TPSA) is 58.6 Å². The van der Waals surface area contributed by atoms with Crippen molar-refractivity contribution in [1.29, 1.82) is 0 Å². The number of methoxy groups -OCH3 is 1. The van der Waals surface area contributed by atoms with E-state index in [1.807, 2.05) is 48.5 Å². The van der Waals surface area contributed by atoms with Gasteiger partial charge in [-0.2, -0.15) is 0 Å². The lowest BCUT2D eigenvalue weighted by atomic mass is 10.0. The number of aliphatic hydroxyl groups excluding tert-OH is 1. The highest BCUT2D eigenvalue weighted by Crippen LogP contribution is 2.16. The van der Waals surface area contributed by atoms with Gasteiger partial charge in [-0.15, -0.1) is 0 Å². The quantitative estimate of drug-likeness (QED) is 0.783. The molecule has 128 valence electrons. The normalized spacial score (nSPS) is 11.8. The van der Waals surface area contributed by atoms with Crippen LogP contribution in [-0.4, -0.2) is 24.7 Å². The van der Waals surface area contributed by atoms with Crippen molar-refractivity contribution >= 4 is 5.91 Å². The Bertz CT molecular complexity index is 652. The minimum atomic E-state index is -0.367. The highest BCUT2D eigenvalue weighted by atomic mass is 16.5. The molecule has 1 atom stereocenters. The Morgan fingerprint density at radius 1 is 1.17 bits per heavy atom. The number of hydrogen-bond donors (Lipinski definition) is 2. The molecule has 0 saturated heterocycles. The average Bonchev–Trinajstić information content (AvgIpc) is 2.64. The maximum atomic E-state index is 12.2. The standard InChI is InChI=1S/C20H25NO3/c1-3-15-7-10-17(11-8-15)19(14-22)21-20(23)12-9-16-5-4-6-18(13-16)24-2/h4-8,10-11,13,19,22H,3,9,12,14H2,1-2H3,(H,21,23). The molecule has 0 aliphatic carbocycles. The highest BCUT2D eigenvalue weighted by Gasteiger charge is 2.13. The third-order valence-corrected chi connectivity index (χ3v) is 4.08. The van der Waals surface area contributed by atoms with Crippen molar-refractivity contribution in [2.45, 2.75) is 32.2 Å².